The highest BCUT2D eigenvalue weighted by Crippen LogP contribution is 2.33. The van der Waals surface area contributed by atoms with Crippen molar-refractivity contribution in [2.45, 2.75) is 50.1 Å². The van der Waals surface area contributed by atoms with Crippen molar-refractivity contribution in [1.82, 2.24) is 14.8 Å². The van der Waals surface area contributed by atoms with E-state index < -0.39 is 0 Å². The monoisotopic (exact) mass is 467 g/mol. The van der Waals surface area contributed by atoms with Crippen molar-refractivity contribution in [2.24, 2.45) is 0 Å². The fourth-order valence-corrected chi connectivity index (χ4v) is 5.58. The van der Waals surface area contributed by atoms with Crippen molar-refractivity contribution in [3.63, 3.8) is 0 Å². The molecule has 0 spiro atoms. The molecule has 1 aliphatic carbocycles. The molecule has 1 fully saturated rings. The van der Waals surface area contributed by atoms with Gasteiger partial charge in [-0.15, -0.1) is 10.2 Å². The van der Waals surface area contributed by atoms with Crippen molar-refractivity contribution < 1.29 is 4.79 Å². The molecule has 0 N–H and O–H groups in total. The number of Topliss-reactive ketones (excluding diaryl/α,β-unsaturated/α-hetero) is 1. The van der Waals surface area contributed by atoms with Gasteiger partial charge in [-0.2, -0.15) is 0 Å². The molecule has 5 heteroatoms. The SMILES string of the molecule is Cc1cccc(-c2nnc(SCC(=O)c3ccc(C4CCCCC4)cc3)n2-c2ccccc2)c1. The van der Waals surface area contributed by atoms with E-state index in [0.29, 0.717) is 11.7 Å². The first kappa shape index (κ1) is 22.6. The van der Waals surface area contributed by atoms with E-state index in [4.69, 9.17) is 0 Å². The third-order valence-corrected chi connectivity index (χ3v) is 7.49. The van der Waals surface area contributed by atoms with E-state index in [-0.39, 0.29) is 5.78 Å². The number of aryl methyl sites for hydroxylation is 1. The van der Waals surface area contributed by atoms with Crippen molar-refractivity contribution >= 4 is 17.5 Å². The van der Waals surface area contributed by atoms with Gasteiger partial charge in [0.25, 0.3) is 0 Å². The third-order valence-electron chi connectivity index (χ3n) is 6.57. The summed E-state index contributed by atoms with van der Waals surface area (Å²) in [5.41, 5.74) is 5.29. The molecule has 0 bridgehead atoms. The van der Waals surface area contributed by atoms with Gasteiger partial charge in [-0.1, -0.05) is 97.3 Å². The molecule has 1 aromatic heterocycles. The number of benzene rings is 3. The lowest BCUT2D eigenvalue weighted by Gasteiger charge is -2.22. The van der Waals surface area contributed by atoms with Crippen LogP contribution in [-0.4, -0.2) is 26.3 Å². The number of para-hydroxylation sites is 1. The second-order valence-electron chi connectivity index (χ2n) is 9.02. The predicted octanol–water partition coefficient (Wildman–Crippen LogP) is 7.27. The lowest BCUT2D eigenvalue weighted by molar-refractivity contribution is 0.102. The Hall–Kier alpha value is -3.18. The summed E-state index contributed by atoms with van der Waals surface area (Å²) >= 11 is 1.44. The molecule has 3 aromatic carbocycles. The van der Waals surface area contributed by atoms with Crippen LogP contribution in [0.2, 0.25) is 0 Å². The van der Waals surface area contributed by atoms with Crippen LogP contribution in [0.5, 0.6) is 0 Å². The van der Waals surface area contributed by atoms with Crippen LogP contribution in [0.15, 0.2) is 84.0 Å². The third kappa shape index (κ3) is 5.00. The van der Waals surface area contributed by atoms with Crippen LogP contribution in [0.3, 0.4) is 0 Å². The summed E-state index contributed by atoms with van der Waals surface area (Å²) in [5, 5.41) is 9.68. The van der Waals surface area contributed by atoms with E-state index in [2.05, 4.69) is 41.4 Å². The number of hydrogen-bond donors (Lipinski definition) is 0. The zero-order valence-corrected chi connectivity index (χ0v) is 20.3. The molecule has 0 amide bonds. The Kier molecular flexibility index (Phi) is 6.91. The van der Waals surface area contributed by atoms with Crippen LogP contribution < -0.4 is 0 Å². The van der Waals surface area contributed by atoms with E-state index in [0.717, 1.165) is 27.8 Å². The molecule has 1 saturated carbocycles. The highest BCUT2D eigenvalue weighted by molar-refractivity contribution is 7.99. The molecular weight excluding hydrogens is 438 g/mol. The van der Waals surface area contributed by atoms with Crippen molar-refractivity contribution in [1.29, 1.82) is 0 Å². The molecule has 0 radical (unpaired) electrons. The van der Waals surface area contributed by atoms with Gasteiger partial charge in [0.05, 0.1) is 5.75 Å². The average molecular weight is 468 g/mol. The smallest absolute Gasteiger partial charge is 0.196 e. The number of rotatable bonds is 7. The van der Waals surface area contributed by atoms with Gasteiger partial charge in [-0.25, -0.2) is 0 Å². The van der Waals surface area contributed by atoms with Gasteiger partial charge < -0.3 is 0 Å². The van der Waals surface area contributed by atoms with Crippen LogP contribution in [-0.2, 0) is 0 Å². The second-order valence-corrected chi connectivity index (χ2v) is 9.96. The summed E-state index contributed by atoms with van der Waals surface area (Å²) in [5.74, 6) is 1.86. The molecule has 4 nitrogen and oxygen atoms in total. The largest absolute Gasteiger partial charge is 0.293 e. The molecule has 5 rings (SSSR count). The number of carbonyl (C=O) groups is 1. The van der Waals surface area contributed by atoms with Crippen LogP contribution >= 0.6 is 11.8 Å². The molecule has 0 saturated heterocycles. The molecule has 4 aromatic rings. The van der Waals surface area contributed by atoms with Crippen molar-refractivity contribution in [2.75, 3.05) is 5.75 Å². The molecular formula is C29H29N3OS. The first-order valence-corrected chi connectivity index (χ1v) is 13.0. The fourth-order valence-electron chi connectivity index (χ4n) is 4.73. The summed E-state index contributed by atoms with van der Waals surface area (Å²) in [6.45, 7) is 2.07. The number of hydrogen-bond acceptors (Lipinski definition) is 4. The van der Waals surface area contributed by atoms with E-state index >= 15 is 0 Å². The van der Waals surface area contributed by atoms with Crippen molar-refractivity contribution in [3.8, 4) is 17.1 Å². The van der Waals surface area contributed by atoms with E-state index in [1.165, 1.54) is 55.0 Å². The summed E-state index contributed by atoms with van der Waals surface area (Å²) in [4.78, 5) is 13.0. The second kappa shape index (κ2) is 10.4. The number of ketones is 1. The standard InChI is InChI=1S/C29H29N3OS/c1-21-9-8-12-25(19-21)28-30-31-29(32(28)26-13-6-3-7-14-26)34-20-27(33)24-17-15-23(16-18-24)22-10-4-2-5-11-22/h3,6-9,12-19,22H,2,4-5,10-11,20H2,1H3. The zero-order valence-electron chi connectivity index (χ0n) is 19.5. The van der Waals surface area contributed by atoms with Gasteiger partial charge >= 0.3 is 0 Å². The summed E-state index contributed by atoms with van der Waals surface area (Å²) in [6, 6.07) is 26.6. The van der Waals surface area contributed by atoms with E-state index in [1.54, 1.807) is 0 Å². The molecule has 0 unspecified atom stereocenters. The highest BCUT2D eigenvalue weighted by Gasteiger charge is 2.19. The van der Waals surface area contributed by atoms with E-state index in [1.807, 2.05) is 59.2 Å². The Morgan fingerprint density at radius 1 is 0.912 bits per heavy atom. The minimum atomic E-state index is 0.111. The van der Waals surface area contributed by atoms with Crippen LogP contribution in [0.1, 0.15) is 59.5 Å². The fraction of sp³-hybridized carbons (Fsp3) is 0.276. The van der Waals surface area contributed by atoms with Gasteiger partial charge in [0.2, 0.25) is 0 Å². The maximum Gasteiger partial charge on any atom is 0.196 e. The normalized spacial score (nSPS) is 14.3. The van der Waals surface area contributed by atoms with Gasteiger partial charge in [0.1, 0.15) is 0 Å². The van der Waals surface area contributed by atoms with Crippen LogP contribution in [0.25, 0.3) is 17.1 Å². The molecule has 172 valence electrons. The Labute approximate surface area is 205 Å². The summed E-state index contributed by atoms with van der Waals surface area (Å²) in [7, 11) is 0. The van der Waals surface area contributed by atoms with Crippen molar-refractivity contribution in [3.05, 3.63) is 95.6 Å². The first-order chi connectivity index (χ1) is 16.7. The first-order valence-electron chi connectivity index (χ1n) is 12.0. The highest BCUT2D eigenvalue weighted by atomic mass is 32.2. The lowest BCUT2D eigenvalue weighted by Crippen LogP contribution is -2.07. The molecule has 0 aliphatic heterocycles. The average Bonchev–Trinajstić information content (AvgIpc) is 3.32. The Balaban J connectivity index is 1.36. The van der Waals surface area contributed by atoms with Gasteiger partial charge in [0, 0.05) is 16.8 Å². The number of carbonyl (C=O) groups excluding carboxylic acids is 1. The molecule has 1 heterocycles. The van der Waals surface area contributed by atoms with Crippen LogP contribution in [0, 0.1) is 6.92 Å². The molecule has 34 heavy (non-hydrogen) atoms. The maximum absolute atomic E-state index is 13.0. The van der Waals surface area contributed by atoms with Gasteiger partial charge in [-0.05, 0) is 49.4 Å². The predicted molar refractivity (Wildman–Crippen MR) is 139 cm³/mol. The lowest BCUT2D eigenvalue weighted by atomic mass is 9.84. The van der Waals surface area contributed by atoms with E-state index in [9.17, 15) is 4.79 Å². The number of nitrogens with zero attached hydrogens (tertiary/aromatic N) is 3. The number of aromatic nitrogens is 3. The van der Waals surface area contributed by atoms with Gasteiger partial charge in [0.15, 0.2) is 16.8 Å². The Morgan fingerprint density at radius 3 is 2.41 bits per heavy atom. The summed E-state index contributed by atoms with van der Waals surface area (Å²) < 4.78 is 2.04. The molecule has 0 atom stereocenters. The quantitative estimate of drug-likeness (QED) is 0.212. The minimum Gasteiger partial charge on any atom is -0.293 e. The van der Waals surface area contributed by atoms with Gasteiger partial charge in [-0.3, -0.25) is 9.36 Å². The Bertz CT molecular complexity index is 1260. The molecule has 1 aliphatic rings. The maximum atomic E-state index is 13.0. The van der Waals surface area contributed by atoms with Crippen LogP contribution in [0.4, 0.5) is 0 Å². The topological polar surface area (TPSA) is 47.8 Å². The Morgan fingerprint density at radius 2 is 1.68 bits per heavy atom. The number of thioether (sulfide) groups is 1. The summed E-state index contributed by atoms with van der Waals surface area (Å²) in [6.07, 6.45) is 6.51. The minimum absolute atomic E-state index is 0.111. The zero-order chi connectivity index (χ0) is 23.3.